The maximum atomic E-state index is 8.95. The summed E-state index contributed by atoms with van der Waals surface area (Å²) in [5.74, 6) is 0. The van der Waals surface area contributed by atoms with E-state index in [1.165, 1.54) is 0 Å². The zero-order valence-electron chi connectivity index (χ0n) is 8.10. The summed E-state index contributed by atoms with van der Waals surface area (Å²) in [6.45, 7) is 2.59. The van der Waals surface area contributed by atoms with E-state index in [-0.39, 0.29) is 6.61 Å². The van der Waals surface area contributed by atoms with Gasteiger partial charge >= 0.3 is 0 Å². The Morgan fingerprint density at radius 3 is 2.64 bits per heavy atom. The molecule has 0 aromatic heterocycles. The molecule has 1 N–H and O–H groups in total. The maximum Gasteiger partial charge on any atom is 0.0984 e. The highest BCUT2D eigenvalue weighted by Gasteiger charge is 2.25. The largest absolute Gasteiger partial charge is 0.395 e. The smallest absolute Gasteiger partial charge is 0.0984 e. The molecule has 1 heterocycles. The lowest BCUT2D eigenvalue weighted by Gasteiger charge is -2.22. The van der Waals surface area contributed by atoms with Crippen molar-refractivity contribution in [3.05, 3.63) is 30.3 Å². The average molecular weight is 193 g/mol. The van der Waals surface area contributed by atoms with Gasteiger partial charge in [-0.15, -0.1) is 0 Å². The standard InChI is InChI=1S/C11H15NO2/c13-7-6-12(8-11-9-14-11)10-4-2-1-3-5-10/h1-5,11,13H,6-9H2. The molecular formula is C11H15NO2. The van der Waals surface area contributed by atoms with Gasteiger partial charge in [-0.25, -0.2) is 0 Å². The summed E-state index contributed by atoms with van der Waals surface area (Å²) in [5.41, 5.74) is 1.15. The number of epoxide rings is 1. The lowest BCUT2D eigenvalue weighted by Crippen LogP contribution is -2.30. The Morgan fingerprint density at radius 1 is 1.36 bits per heavy atom. The molecular weight excluding hydrogens is 178 g/mol. The van der Waals surface area contributed by atoms with E-state index in [0.717, 1.165) is 18.8 Å². The predicted molar refractivity (Wildman–Crippen MR) is 55.5 cm³/mol. The molecule has 14 heavy (non-hydrogen) atoms. The first-order valence-electron chi connectivity index (χ1n) is 4.92. The third-order valence-electron chi connectivity index (χ3n) is 2.32. The maximum absolute atomic E-state index is 8.95. The Morgan fingerprint density at radius 2 is 2.07 bits per heavy atom. The third kappa shape index (κ3) is 2.47. The van der Waals surface area contributed by atoms with Crippen LogP contribution < -0.4 is 4.90 Å². The van der Waals surface area contributed by atoms with Crippen molar-refractivity contribution in [2.45, 2.75) is 6.10 Å². The van der Waals surface area contributed by atoms with Gasteiger partial charge in [0.15, 0.2) is 0 Å². The second kappa shape index (κ2) is 4.44. The van der Waals surface area contributed by atoms with E-state index < -0.39 is 0 Å². The van der Waals surface area contributed by atoms with Crippen molar-refractivity contribution in [3.63, 3.8) is 0 Å². The molecule has 2 rings (SSSR count). The van der Waals surface area contributed by atoms with Gasteiger partial charge in [0, 0.05) is 18.8 Å². The normalized spacial score (nSPS) is 19.4. The van der Waals surface area contributed by atoms with Gasteiger partial charge in [-0.2, -0.15) is 0 Å². The Hall–Kier alpha value is -1.06. The van der Waals surface area contributed by atoms with Crippen LogP contribution in [0.15, 0.2) is 30.3 Å². The Kier molecular flexibility index (Phi) is 3.01. The fraction of sp³-hybridized carbons (Fsp3) is 0.455. The number of aliphatic hydroxyl groups excluding tert-OH is 1. The molecule has 1 saturated heterocycles. The van der Waals surface area contributed by atoms with Crippen LogP contribution in [0.1, 0.15) is 0 Å². The second-order valence-electron chi connectivity index (χ2n) is 3.46. The number of aliphatic hydroxyl groups is 1. The highest BCUT2D eigenvalue weighted by Crippen LogP contribution is 2.17. The van der Waals surface area contributed by atoms with Gasteiger partial charge in [-0.3, -0.25) is 0 Å². The monoisotopic (exact) mass is 193 g/mol. The Bertz CT molecular complexity index is 272. The van der Waals surface area contributed by atoms with Gasteiger partial charge in [0.05, 0.1) is 19.3 Å². The quantitative estimate of drug-likeness (QED) is 0.705. The predicted octanol–water partition coefficient (Wildman–Crippen LogP) is 0.884. The number of hydrogen-bond acceptors (Lipinski definition) is 3. The van der Waals surface area contributed by atoms with Crippen LogP contribution in [0.5, 0.6) is 0 Å². The fourth-order valence-electron chi connectivity index (χ4n) is 1.50. The Labute approximate surface area is 83.9 Å². The highest BCUT2D eigenvalue weighted by molar-refractivity contribution is 5.46. The van der Waals surface area contributed by atoms with Crippen LogP contribution in [0.25, 0.3) is 0 Å². The third-order valence-corrected chi connectivity index (χ3v) is 2.32. The number of anilines is 1. The highest BCUT2D eigenvalue weighted by atomic mass is 16.6. The van der Waals surface area contributed by atoms with Crippen molar-refractivity contribution in [1.29, 1.82) is 0 Å². The summed E-state index contributed by atoms with van der Waals surface area (Å²) in [7, 11) is 0. The summed E-state index contributed by atoms with van der Waals surface area (Å²) in [5, 5.41) is 8.95. The van der Waals surface area contributed by atoms with Crippen molar-refractivity contribution in [3.8, 4) is 0 Å². The van der Waals surface area contributed by atoms with E-state index >= 15 is 0 Å². The van der Waals surface area contributed by atoms with Crippen molar-refractivity contribution >= 4 is 5.69 Å². The summed E-state index contributed by atoms with van der Waals surface area (Å²) in [6, 6.07) is 10.1. The lowest BCUT2D eigenvalue weighted by atomic mass is 10.2. The minimum absolute atomic E-state index is 0.182. The van der Waals surface area contributed by atoms with E-state index in [2.05, 4.69) is 17.0 Å². The molecule has 76 valence electrons. The van der Waals surface area contributed by atoms with Crippen molar-refractivity contribution in [2.24, 2.45) is 0 Å². The number of para-hydroxylation sites is 1. The number of benzene rings is 1. The summed E-state index contributed by atoms with van der Waals surface area (Å²) >= 11 is 0. The van der Waals surface area contributed by atoms with Crippen molar-refractivity contribution in [1.82, 2.24) is 0 Å². The second-order valence-corrected chi connectivity index (χ2v) is 3.46. The van der Waals surface area contributed by atoms with Crippen LogP contribution in [-0.4, -0.2) is 37.5 Å². The zero-order valence-corrected chi connectivity index (χ0v) is 8.10. The van der Waals surface area contributed by atoms with Crippen molar-refractivity contribution in [2.75, 3.05) is 31.2 Å². The molecule has 1 unspecified atom stereocenters. The van der Waals surface area contributed by atoms with E-state index in [1.807, 2.05) is 18.2 Å². The molecule has 1 aromatic carbocycles. The first kappa shape index (κ1) is 9.49. The lowest BCUT2D eigenvalue weighted by molar-refractivity contribution is 0.299. The van der Waals surface area contributed by atoms with Crippen LogP contribution in [0, 0.1) is 0 Å². The minimum Gasteiger partial charge on any atom is -0.395 e. The van der Waals surface area contributed by atoms with Crippen LogP contribution in [0.4, 0.5) is 5.69 Å². The van der Waals surface area contributed by atoms with Gasteiger partial charge in [-0.05, 0) is 12.1 Å². The molecule has 0 saturated carbocycles. The van der Waals surface area contributed by atoms with Gasteiger partial charge in [0.25, 0.3) is 0 Å². The summed E-state index contributed by atoms with van der Waals surface area (Å²) in [4.78, 5) is 2.15. The van der Waals surface area contributed by atoms with Crippen LogP contribution in [0.2, 0.25) is 0 Å². The molecule has 3 heteroatoms. The molecule has 0 spiro atoms. The first-order valence-corrected chi connectivity index (χ1v) is 4.92. The Balaban J connectivity index is 2.01. The van der Waals surface area contributed by atoms with Gasteiger partial charge in [0.1, 0.15) is 0 Å². The molecule has 1 atom stereocenters. The van der Waals surface area contributed by atoms with Crippen LogP contribution >= 0.6 is 0 Å². The molecule has 3 nitrogen and oxygen atoms in total. The molecule has 0 aliphatic carbocycles. The average Bonchev–Trinajstić information content (AvgIpc) is 3.03. The topological polar surface area (TPSA) is 36.0 Å². The van der Waals surface area contributed by atoms with E-state index in [1.54, 1.807) is 0 Å². The molecule has 1 aliphatic rings. The molecule has 0 amide bonds. The fourth-order valence-corrected chi connectivity index (χ4v) is 1.50. The van der Waals surface area contributed by atoms with E-state index in [0.29, 0.717) is 12.6 Å². The minimum atomic E-state index is 0.182. The van der Waals surface area contributed by atoms with Gasteiger partial charge in [-0.1, -0.05) is 18.2 Å². The number of nitrogens with zero attached hydrogens (tertiary/aromatic N) is 1. The molecule has 1 aliphatic heterocycles. The number of hydrogen-bond donors (Lipinski definition) is 1. The molecule has 1 fully saturated rings. The molecule has 0 radical (unpaired) electrons. The summed E-state index contributed by atoms with van der Waals surface area (Å²) < 4.78 is 5.18. The van der Waals surface area contributed by atoms with Crippen LogP contribution in [-0.2, 0) is 4.74 Å². The SMILES string of the molecule is OCCN(CC1CO1)c1ccccc1. The first-order chi connectivity index (χ1) is 6.90. The molecule has 0 bridgehead atoms. The summed E-state index contributed by atoms with van der Waals surface area (Å²) in [6.07, 6.45) is 0.363. The molecule has 1 aromatic rings. The van der Waals surface area contributed by atoms with Gasteiger partial charge in [0.2, 0.25) is 0 Å². The van der Waals surface area contributed by atoms with Gasteiger partial charge < -0.3 is 14.7 Å². The van der Waals surface area contributed by atoms with E-state index in [4.69, 9.17) is 9.84 Å². The van der Waals surface area contributed by atoms with Crippen LogP contribution in [0.3, 0.4) is 0 Å². The van der Waals surface area contributed by atoms with Crippen molar-refractivity contribution < 1.29 is 9.84 Å². The van der Waals surface area contributed by atoms with E-state index in [9.17, 15) is 0 Å². The number of rotatable bonds is 5. The number of ether oxygens (including phenoxy) is 1. The zero-order chi connectivity index (χ0) is 9.80.